The van der Waals surface area contributed by atoms with Gasteiger partial charge in [-0.3, -0.25) is 4.79 Å². The van der Waals surface area contributed by atoms with Crippen LogP contribution >= 0.6 is 0 Å². The largest absolute Gasteiger partial charge is 0.383 e. The van der Waals surface area contributed by atoms with E-state index in [1.165, 1.54) is 19.2 Å². The van der Waals surface area contributed by atoms with Gasteiger partial charge in [0.1, 0.15) is 0 Å². The van der Waals surface area contributed by atoms with E-state index in [-0.39, 0.29) is 11.4 Å². The molecule has 112 valence electrons. The van der Waals surface area contributed by atoms with Crippen molar-refractivity contribution in [1.82, 2.24) is 10.0 Å². The Hall–Kier alpha value is -1.48. The van der Waals surface area contributed by atoms with Crippen LogP contribution in [0.5, 0.6) is 0 Å². The molecule has 0 unspecified atom stereocenters. The summed E-state index contributed by atoms with van der Waals surface area (Å²) < 4.78 is 30.8. The third-order valence-corrected chi connectivity index (χ3v) is 3.94. The highest BCUT2D eigenvalue weighted by molar-refractivity contribution is 7.89. The summed E-state index contributed by atoms with van der Waals surface area (Å²) in [6.07, 6.45) is 0. The van der Waals surface area contributed by atoms with Gasteiger partial charge in [-0.2, -0.15) is 0 Å². The van der Waals surface area contributed by atoms with Crippen LogP contribution in [0.15, 0.2) is 29.2 Å². The first-order chi connectivity index (χ1) is 9.49. The molecule has 0 aliphatic heterocycles. The minimum atomic E-state index is -3.69. The fraction of sp³-hybridized carbons (Fsp3) is 0.417. The van der Waals surface area contributed by atoms with Gasteiger partial charge in [0.05, 0.1) is 18.0 Å². The van der Waals surface area contributed by atoms with Crippen LogP contribution in [0, 0.1) is 0 Å². The van der Waals surface area contributed by atoms with Gasteiger partial charge in [-0.15, -0.1) is 0 Å². The first-order valence-corrected chi connectivity index (χ1v) is 7.52. The van der Waals surface area contributed by atoms with Crippen molar-refractivity contribution in [2.24, 2.45) is 5.73 Å². The number of hydrogen-bond acceptors (Lipinski definition) is 5. The van der Waals surface area contributed by atoms with Gasteiger partial charge in [-0.05, 0) is 17.7 Å². The van der Waals surface area contributed by atoms with Gasteiger partial charge >= 0.3 is 0 Å². The molecule has 8 heteroatoms. The quantitative estimate of drug-likeness (QED) is 0.544. The number of hydrogen-bond donors (Lipinski definition) is 3. The average Bonchev–Trinajstić information content (AvgIpc) is 2.45. The van der Waals surface area contributed by atoms with Crippen LogP contribution in [0.3, 0.4) is 0 Å². The predicted molar refractivity (Wildman–Crippen MR) is 74.4 cm³/mol. The smallest absolute Gasteiger partial charge is 0.241 e. The van der Waals surface area contributed by atoms with E-state index in [2.05, 4.69) is 10.0 Å². The average molecular weight is 301 g/mol. The summed E-state index contributed by atoms with van der Waals surface area (Å²) in [6, 6.07) is 6.17. The normalized spacial score (nSPS) is 11.3. The lowest BCUT2D eigenvalue weighted by molar-refractivity contribution is -0.120. The first kappa shape index (κ1) is 16.6. The van der Waals surface area contributed by atoms with Crippen LogP contribution < -0.4 is 15.8 Å². The van der Waals surface area contributed by atoms with Crippen LogP contribution in [0.2, 0.25) is 0 Å². The zero-order chi connectivity index (χ0) is 15.0. The summed E-state index contributed by atoms with van der Waals surface area (Å²) in [5, 5.41) is 2.52. The molecule has 1 rings (SSSR count). The number of benzene rings is 1. The van der Waals surface area contributed by atoms with Crippen molar-refractivity contribution in [2.75, 3.05) is 26.8 Å². The maximum Gasteiger partial charge on any atom is 0.241 e. The molecule has 4 N–H and O–H groups in total. The number of carbonyl (C=O) groups is 1. The second-order valence-electron chi connectivity index (χ2n) is 4.02. The van der Waals surface area contributed by atoms with Gasteiger partial charge in [0.25, 0.3) is 0 Å². The zero-order valence-electron chi connectivity index (χ0n) is 11.3. The molecule has 0 aliphatic rings. The summed E-state index contributed by atoms with van der Waals surface area (Å²) in [5.74, 6) is -0.413. The molecule has 0 atom stereocenters. The molecular weight excluding hydrogens is 282 g/mol. The summed E-state index contributed by atoms with van der Waals surface area (Å²) >= 11 is 0. The fourth-order valence-corrected chi connectivity index (χ4v) is 2.39. The summed E-state index contributed by atoms with van der Waals surface area (Å²) in [5.41, 5.74) is 6.27. The molecule has 1 aromatic rings. The molecule has 0 heterocycles. The SMILES string of the molecule is COCCNC(=O)CNS(=O)(=O)c1ccc(CN)cc1. The minimum absolute atomic E-state index is 0.0967. The molecule has 0 aliphatic carbocycles. The van der Waals surface area contributed by atoms with E-state index in [0.29, 0.717) is 19.7 Å². The van der Waals surface area contributed by atoms with E-state index in [9.17, 15) is 13.2 Å². The molecule has 1 aromatic carbocycles. The highest BCUT2D eigenvalue weighted by Gasteiger charge is 2.14. The molecule has 20 heavy (non-hydrogen) atoms. The molecule has 7 nitrogen and oxygen atoms in total. The van der Waals surface area contributed by atoms with Crippen LogP contribution in [0.4, 0.5) is 0 Å². The van der Waals surface area contributed by atoms with Crippen molar-refractivity contribution in [2.45, 2.75) is 11.4 Å². The molecule has 0 saturated carbocycles. The Kier molecular flexibility index (Phi) is 6.59. The number of ether oxygens (including phenoxy) is 1. The van der Waals surface area contributed by atoms with Crippen LogP contribution in [-0.4, -0.2) is 41.1 Å². The number of rotatable bonds is 8. The Bertz CT molecular complexity index is 528. The van der Waals surface area contributed by atoms with Crippen molar-refractivity contribution in [3.8, 4) is 0 Å². The van der Waals surface area contributed by atoms with Gasteiger partial charge in [0, 0.05) is 20.2 Å². The van der Waals surface area contributed by atoms with Gasteiger partial charge in [0.2, 0.25) is 15.9 Å². The Labute approximate surface area is 118 Å². The van der Waals surface area contributed by atoms with Gasteiger partial charge in [0.15, 0.2) is 0 Å². The Balaban J connectivity index is 2.54. The second kappa shape index (κ2) is 7.95. The van der Waals surface area contributed by atoms with Gasteiger partial charge in [-0.1, -0.05) is 12.1 Å². The highest BCUT2D eigenvalue weighted by atomic mass is 32.2. The topological polar surface area (TPSA) is 111 Å². The van der Waals surface area contributed by atoms with E-state index in [0.717, 1.165) is 5.56 Å². The number of sulfonamides is 1. The predicted octanol–water partition coefficient (Wildman–Crippen LogP) is -0.814. The van der Waals surface area contributed by atoms with Crippen molar-refractivity contribution in [3.05, 3.63) is 29.8 Å². The molecule has 0 spiro atoms. The molecule has 0 saturated heterocycles. The molecule has 0 bridgehead atoms. The van der Waals surface area contributed by atoms with E-state index < -0.39 is 15.9 Å². The zero-order valence-corrected chi connectivity index (χ0v) is 12.1. The van der Waals surface area contributed by atoms with Crippen LogP contribution in [-0.2, 0) is 26.1 Å². The molecular formula is C12H19N3O4S. The van der Waals surface area contributed by atoms with Gasteiger partial charge in [-0.25, -0.2) is 13.1 Å². The van der Waals surface area contributed by atoms with Crippen molar-refractivity contribution in [3.63, 3.8) is 0 Å². The Morgan fingerprint density at radius 3 is 2.50 bits per heavy atom. The lowest BCUT2D eigenvalue weighted by Crippen LogP contribution is -2.38. The second-order valence-corrected chi connectivity index (χ2v) is 5.78. The molecule has 0 radical (unpaired) electrons. The monoisotopic (exact) mass is 301 g/mol. The summed E-state index contributed by atoms with van der Waals surface area (Å²) in [6.45, 7) is 0.738. The fourth-order valence-electron chi connectivity index (χ4n) is 1.40. The van der Waals surface area contributed by atoms with E-state index >= 15 is 0 Å². The number of methoxy groups -OCH3 is 1. The standard InChI is InChI=1S/C12H19N3O4S/c1-19-7-6-14-12(16)9-15-20(17,18)11-4-2-10(8-13)3-5-11/h2-5,15H,6-9,13H2,1H3,(H,14,16). The number of nitrogens with one attached hydrogen (secondary N) is 2. The summed E-state index contributed by atoms with van der Waals surface area (Å²) in [4.78, 5) is 11.5. The third-order valence-electron chi connectivity index (χ3n) is 2.52. The summed E-state index contributed by atoms with van der Waals surface area (Å²) in [7, 11) is -2.18. The van der Waals surface area contributed by atoms with E-state index in [1.807, 2.05) is 0 Å². The maximum atomic E-state index is 11.9. The first-order valence-electron chi connectivity index (χ1n) is 6.04. The number of nitrogens with two attached hydrogens (primary N) is 1. The third kappa shape index (κ3) is 5.25. The number of carbonyl (C=O) groups excluding carboxylic acids is 1. The van der Waals surface area contributed by atoms with Crippen molar-refractivity contribution < 1.29 is 17.9 Å². The van der Waals surface area contributed by atoms with Crippen LogP contribution in [0.1, 0.15) is 5.56 Å². The molecule has 0 aromatic heterocycles. The van der Waals surface area contributed by atoms with E-state index in [1.54, 1.807) is 12.1 Å². The maximum absolute atomic E-state index is 11.9. The lowest BCUT2D eigenvalue weighted by Gasteiger charge is -2.08. The Morgan fingerprint density at radius 1 is 1.30 bits per heavy atom. The van der Waals surface area contributed by atoms with Gasteiger partial charge < -0.3 is 15.8 Å². The minimum Gasteiger partial charge on any atom is -0.383 e. The molecule has 0 fully saturated rings. The highest BCUT2D eigenvalue weighted by Crippen LogP contribution is 2.09. The van der Waals surface area contributed by atoms with Crippen molar-refractivity contribution >= 4 is 15.9 Å². The van der Waals surface area contributed by atoms with Crippen LogP contribution in [0.25, 0.3) is 0 Å². The molecule has 1 amide bonds. The van der Waals surface area contributed by atoms with Crippen molar-refractivity contribution in [1.29, 1.82) is 0 Å². The lowest BCUT2D eigenvalue weighted by atomic mass is 10.2. The Morgan fingerprint density at radius 2 is 1.95 bits per heavy atom. The number of amides is 1. The van der Waals surface area contributed by atoms with E-state index in [4.69, 9.17) is 10.5 Å².